The van der Waals surface area contributed by atoms with E-state index in [1.807, 2.05) is 54.6 Å². The van der Waals surface area contributed by atoms with Gasteiger partial charge in [0.25, 0.3) is 11.8 Å². The molecular weight excluding hydrogens is 374 g/mol. The number of carbonyl (C=O) groups is 2. The van der Waals surface area contributed by atoms with Gasteiger partial charge in [0.05, 0.1) is 11.3 Å². The number of hydrogen-bond acceptors (Lipinski definition) is 4. The maximum Gasteiger partial charge on any atom is 0.282 e. The first-order valence-electron chi connectivity index (χ1n) is 11.0. The van der Waals surface area contributed by atoms with Crippen LogP contribution in [0, 0.1) is 0 Å². The van der Waals surface area contributed by atoms with Crippen molar-refractivity contribution in [2.24, 2.45) is 0 Å². The van der Waals surface area contributed by atoms with Crippen LogP contribution in [-0.4, -0.2) is 42.9 Å². The Morgan fingerprint density at radius 2 is 1.13 bits per heavy atom. The summed E-state index contributed by atoms with van der Waals surface area (Å²) in [5.74, 6) is -0.426. The number of piperidine rings is 1. The molecule has 3 aliphatic heterocycles. The molecule has 0 aromatic heterocycles. The van der Waals surface area contributed by atoms with Gasteiger partial charge in [0.15, 0.2) is 0 Å². The highest BCUT2D eigenvalue weighted by Gasteiger charge is 2.42. The summed E-state index contributed by atoms with van der Waals surface area (Å²) in [6.45, 7) is 3.79. The van der Waals surface area contributed by atoms with E-state index in [1.165, 1.54) is 24.2 Å². The molecule has 5 heteroatoms. The zero-order chi connectivity index (χ0) is 20.5. The van der Waals surface area contributed by atoms with Crippen LogP contribution in [0.1, 0.15) is 37.7 Å². The fourth-order valence-electron chi connectivity index (χ4n) is 4.82. The van der Waals surface area contributed by atoms with E-state index in [2.05, 4.69) is 9.80 Å². The van der Waals surface area contributed by atoms with Crippen LogP contribution in [0.25, 0.3) is 5.57 Å². The number of likely N-dealkylation sites (tertiary alicyclic amines) is 1. The van der Waals surface area contributed by atoms with Crippen LogP contribution in [0.4, 0.5) is 11.4 Å². The van der Waals surface area contributed by atoms with Gasteiger partial charge in [-0.3, -0.25) is 9.59 Å². The lowest BCUT2D eigenvalue weighted by Gasteiger charge is -2.29. The lowest BCUT2D eigenvalue weighted by atomic mass is 10.0. The molecule has 5 rings (SSSR count). The first kappa shape index (κ1) is 18.9. The predicted octanol–water partition coefficient (Wildman–Crippen LogP) is 4.06. The minimum absolute atomic E-state index is 0.202. The first-order valence-corrected chi connectivity index (χ1v) is 11.0. The van der Waals surface area contributed by atoms with E-state index in [1.54, 1.807) is 0 Å². The molecule has 0 aliphatic carbocycles. The van der Waals surface area contributed by atoms with Gasteiger partial charge in [-0.2, -0.15) is 0 Å². The molecule has 0 unspecified atom stereocenters. The largest absolute Gasteiger partial charge is 0.372 e. The summed E-state index contributed by atoms with van der Waals surface area (Å²) < 4.78 is 0. The summed E-state index contributed by atoms with van der Waals surface area (Å²) in [5, 5.41) is 0. The van der Waals surface area contributed by atoms with Gasteiger partial charge in [0, 0.05) is 31.9 Å². The van der Waals surface area contributed by atoms with Gasteiger partial charge in [-0.25, -0.2) is 4.90 Å². The second kappa shape index (κ2) is 7.98. The van der Waals surface area contributed by atoms with Crippen molar-refractivity contribution in [1.29, 1.82) is 0 Å². The molecule has 0 atom stereocenters. The molecule has 0 N–H and O–H groups in total. The van der Waals surface area contributed by atoms with Crippen LogP contribution >= 0.6 is 0 Å². The maximum atomic E-state index is 13.5. The van der Waals surface area contributed by atoms with E-state index in [-0.39, 0.29) is 11.8 Å². The van der Waals surface area contributed by atoms with Gasteiger partial charge >= 0.3 is 0 Å². The third kappa shape index (κ3) is 3.28. The number of rotatable bonds is 4. The zero-order valence-corrected chi connectivity index (χ0v) is 17.2. The second-order valence-corrected chi connectivity index (χ2v) is 8.29. The molecule has 2 aromatic rings. The number of nitrogens with zero attached hydrogens (tertiary/aromatic N) is 3. The highest BCUT2D eigenvalue weighted by Crippen LogP contribution is 2.36. The number of carbonyl (C=O) groups excluding carboxylic acids is 2. The molecule has 30 heavy (non-hydrogen) atoms. The number of imide groups is 1. The molecular formula is C25H27N3O2. The van der Waals surface area contributed by atoms with Gasteiger partial charge in [0.1, 0.15) is 5.70 Å². The summed E-state index contributed by atoms with van der Waals surface area (Å²) in [4.78, 5) is 32.8. The van der Waals surface area contributed by atoms with Crippen LogP contribution in [0.2, 0.25) is 0 Å². The normalized spacial score (nSPS) is 19.9. The van der Waals surface area contributed by atoms with Gasteiger partial charge < -0.3 is 9.80 Å². The van der Waals surface area contributed by atoms with Crippen molar-refractivity contribution in [2.45, 2.75) is 32.1 Å². The van der Waals surface area contributed by atoms with Gasteiger partial charge in [-0.05, 0) is 61.9 Å². The van der Waals surface area contributed by atoms with Crippen LogP contribution in [0.3, 0.4) is 0 Å². The molecule has 0 bridgehead atoms. The highest BCUT2D eigenvalue weighted by atomic mass is 16.2. The van der Waals surface area contributed by atoms with Crippen molar-refractivity contribution in [3.63, 3.8) is 0 Å². The Hall–Kier alpha value is -3.08. The molecule has 2 aromatic carbocycles. The number of anilines is 2. The number of hydrogen-bond donors (Lipinski definition) is 0. The van der Waals surface area contributed by atoms with Crippen molar-refractivity contribution < 1.29 is 9.59 Å². The lowest BCUT2D eigenvalue weighted by molar-refractivity contribution is -0.120. The Kier molecular flexibility index (Phi) is 5.03. The molecule has 0 spiro atoms. The van der Waals surface area contributed by atoms with Crippen LogP contribution in [0.5, 0.6) is 0 Å². The highest BCUT2D eigenvalue weighted by molar-refractivity contribution is 6.45. The molecule has 2 amide bonds. The summed E-state index contributed by atoms with van der Waals surface area (Å²) in [6, 6.07) is 17.5. The zero-order valence-electron chi connectivity index (χ0n) is 17.2. The summed E-state index contributed by atoms with van der Waals surface area (Å²) in [5.41, 5.74) is 3.71. The first-order chi connectivity index (χ1) is 14.7. The van der Waals surface area contributed by atoms with E-state index >= 15 is 0 Å². The van der Waals surface area contributed by atoms with Crippen LogP contribution in [-0.2, 0) is 9.59 Å². The molecule has 0 saturated carbocycles. The molecule has 0 radical (unpaired) electrons. The summed E-state index contributed by atoms with van der Waals surface area (Å²) in [6.07, 6.45) is 5.83. The second-order valence-electron chi connectivity index (χ2n) is 8.29. The van der Waals surface area contributed by atoms with Crippen molar-refractivity contribution in [3.8, 4) is 0 Å². The molecule has 2 fully saturated rings. The molecule has 3 aliphatic rings. The lowest BCUT2D eigenvalue weighted by Crippen LogP contribution is -2.34. The monoisotopic (exact) mass is 401 g/mol. The van der Waals surface area contributed by atoms with E-state index in [0.717, 1.165) is 50.3 Å². The predicted molar refractivity (Wildman–Crippen MR) is 119 cm³/mol. The minimum atomic E-state index is -0.223. The third-order valence-corrected chi connectivity index (χ3v) is 6.37. The van der Waals surface area contributed by atoms with Gasteiger partial charge in [0.2, 0.25) is 0 Å². The molecule has 3 heterocycles. The third-order valence-electron chi connectivity index (χ3n) is 6.37. The fraction of sp³-hybridized carbons (Fsp3) is 0.360. The Morgan fingerprint density at radius 3 is 1.80 bits per heavy atom. The Bertz CT molecular complexity index is 969. The van der Waals surface area contributed by atoms with Crippen molar-refractivity contribution in [3.05, 3.63) is 65.9 Å². The smallest absolute Gasteiger partial charge is 0.282 e. The van der Waals surface area contributed by atoms with Crippen molar-refractivity contribution in [2.75, 3.05) is 36.0 Å². The summed E-state index contributed by atoms with van der Waals surface area (Å²) >= 11 is 0. The topological polar surface area (TPSA) is 43.9 Å². The van der Waals surface area contributed by atoms with Crippen molar-refractivity contribution >= 4 is 28.8 Å². The maximum absolute atomic E-state index is 13.5. The number of benzene rings is 2. The average Bonchev–Trinajstić information content (AvgIpc) is 3.41. The van der Waals surface area contributed by atoms with E-state index < -0.39 is 0 Å². The average molecular weight is 402 g/mol. The quantitative estimate of drug-likeness (QED) is 0.725. The van der Waals surface area contributed by atoms with E-state index in [9.17, 15) is 9.59 Å². The SMILES string of the molecule is O=C1C(c2ccccc2)=C(N2CCCC2)C(=O)N1c1ccc(N2CCCCC2)cc1. The molecule has 5 nitrogen and oxygen atoms in total. The molecule has 154 valence electrons. The summed E-state index contributed by atoms with van der Waals surface area (Å²) in [7, 11) is 0. The fourth-order valence-corrected chi connectivity index (χ4v) is 4.82. The number of amides is 2. The standard InChI is InChI=1S/C25H27N3O2/c29-24-22(19-9-3-1-4-10-19)23(27-17-7-8-18-27)25(30)28(24)21-13-11-20(12-14-21)26-15-5-2-6-16-26/h1,3-4,9-14H,2,5-8,15-18H2. The van der Waals surface area contributed by atoms with E-state index in [4.69, 9.17) is 0 Å². The van der Waals surface area contributed by atoms with Crippen LogP contribution in [0.15, 0.2) is 60.3 Å². The Morgan fingerprint density at radius 1 is 0.567 bits per heavy atom. The minimum Gasteiger partial charge on any atom is -0.372 e. The van der Waals surface area contributed by atoms with E-state index in [0.29, 0.717) is 17.0 Å². The van der Waals surface area contributed by atoms with Crippen molar-refractivity contribution in [1.82, 2.24) is 4.90 Å². The Balaban J connectivity index is 1.48. The van der Waals surface area contributed by atoms with Crippen LogP contribution < -0.4 is 9.80 Å². The molecule has 2 saturated heterocycles. The van der Waals surface area contributed by atoms with Gasteiger partial charge in [-0.1, -0.05) is 30.3 Å². The van der Waals surface area contributed by atoms with Gasteiger partial charge in [-0.15, -0.1) is 0 Å². The Labute approximate surface area is 177 Å².